The number of rotatable bonds is 8. The number of hydrogen-bond acceptors (Lipinski definition) is 4. The van der Waals surface area contributed by atoms with E-state index in [1.165, 1.54) is 12.3 Å². The van der Waals surface area contributed by atoms with Crippen molar-refractivity contribution >= 4 is 40.8 Å². The van der Waals surface area contributed by atoms with Crippen molar-refractivity contribution in [1.82, 2.24) is 5.43 Å². The van der Waals surface area contributed by atoms with Gasteiger partial charge < -0.3 is 14.8 Å². The molecule has 0 saturated heterocycles. The molecule has 2 N–H and O–H groups in total. The number of hydrazone groups is 1. The molecule has 0 atom stereocenters. The summed E-state index contributed by atoms with van der Waals surface area (Å²) in [6, 6.07) is 9.72. The van der Waals surface area contributed by atoms with E-state index in [0.29, 0.717) is 35.3 Å². The van der Waals surface area contributed by atoms with Crippen LogP contribution in [0.2, 0.25) is 5.02 Å². The Morgan fingerprint density at radius 3 is 2.74 bits per heavy atom. The zero-order valence-corrected chi connectivity index (χ0v) is 16.7. The Morgan fingerprint density at radius 1 is 1.26 bits per heavy atom. The summed E-state index contributed by atoms with van der Waals surface area (Å²) in [5.74, 6) is 0.663. The second-order valence-corrected chi connectivity index (χ2v) is 6.23. The highest BCUT2D eigenvalue weighted by Gasteiger charge is 2.12. The topological polar surface area (TPSA) is 54.9 Å². The fourth-order valence-electron chi connectivity index (χ4n) is 2.15. The van der Waals surface area contributed by atoms with Gasteiger partial charge in [-0.3, -0.25) is 5.43 Å². The maximum Gasteiger partial charge on any atom is 0.191 e. The van der Waals surface area contributed by atoms with Crippen LogP contribution in [0.4, 0.5) is 10.1 Å². The van der Waals surface area contributed by atoms with E-state index >= 15 is 0 Å². The molecule has 0 aliphatic rings. The zero-order valence-electron chi connectivity index (χ0n) is 15.1. The second kappa shape index (κ2) is 10.7. The highest BCUT2D eigenvalue weighted by atomic mass is 35.5. The van der Waals surface area contributed by atoms with E-state index in [0.717, 1.165) is 6.42 Å². The molecule has 0 saturated carbocycles. The van der Waals surface area contributed by atoms with Crippen molar-refractivity contribution in [2.45, 2.75) is 20.3 Å². The van der Waals surface area contributed by atoms with Crippen molar-refractivity contribution in [1.29, 1.82) is 0 Å². The van der Waals surface area contributed by atoms with Crippen LogP contribution >= 0.6 is 23.8 Å². The van der Waals surface area contributed by atoms with Crippen molar-refractivity contribution in [2.24, 2.45) is 5.10 Å². The normalized spacial score (nSPS) is 10.7. The van der Waals surface area contributed by atoms with Crippen molar-refractivity contribution in [3.63, 3.8) is 0 Å². The van der Waals surface area contributed by atoms with Crippen LogP contribution in [0.5, 0.6) is 11.5 Å². The van der Waals surface area contributed by atoms with E-state index in [1.807, 2.05) is 13.8 Å². The van der Waals surface area contributed by atoms with Gasteiger partial charge in [0.2, 0.25) is 0 Å². The number of halogens is 2. The molecule has 2 rings (SSSR count). The van der Waals surface area contributed by atoms with E-state index in [2.05, 4.69) is 15.8 Å². The van der Waals surface area contributed by atoms with Gasteiger partial charge >= 0.3 is 0 Å². The Bertz CT molecular complexity index is 818. The third-order valence-electron chi connectivity index (χ3n) is 3.28. The molecule has 0 amide bonds. The van der Waals surface area contributed by atoms with Crippen molar-refractivity contribution in [3.8, 4) is 11.5 Å². The maximum atomic E-state index is 13.6. The van der Waals surface area contributed by atoms with Gasteiger partial charge in [-0.2, -0.15) is 5.10 Å². The summed E-state index contributed by atoms with van der Waals surface area (Å²) in [5, 5.41) is 7.37. The van der Waals surface area contributed by atoms with Gasteiger partial charge in [0.15, 0.2) is 16.6 Å². The molecule has 144 valence electrons. The van der Waals surface area contributed by atoms with Gasteiger partial charge in [-0.15, -0.1) is 0 Å². The third kappa shape index (κ3) is 6.37. The predicted molar refractivity (Wildman–Crippen MR) is 112 cm³/mol. The molecule has 0 heterocycles. The molecule has 0 aliphatic heterocycles. The smallest absolute Gasteiger partial charge is 0.191 e. The number of para-hydroxylation sites is 1. The summed E-state index contributed by atoms with van der Waals surface area (Å²) in [6.45, 7) is 4.92. The van der Waals surface area contributed by atoms with Gasteiger partial charge in [0, 0.05) is 0 Å². The van der Waals surface area contributed by atoms with Crippen LogP contribution in [0.25, 0.3) is 0 Å². The van der Waals surface area contributed by atoms with Crippen LogP contribution < -0.4 is 20.2 Å². The van der Waals surface area contributed by atoms with Gasteiger partial charge in [0.1, 0.15) is 5.82 Å². The predicted octanol–water partition coefficient (Wildman–Crippen LogP) is 4.99. The molecule has 0 radical (unpaired) electrons. The average molecular weight is 410 g/mol. The van der Waals surface area contributed by atoms with E-state index in [9.17, 15) is 4.39 Å². The quantitative estimate of drug-likeness (QED) is 0.365. The Morgan fingerprint density at radius 2 is 2.04 bits per heavy atom. The summed E-state index contributed by atoms with van der Waals surface area (Å²) in [7, 11) is 0. The fraction of sp³-hybridized carbons (Fsp3) is 0.263. The molecule has 0 fully saturated rings. The fourth-order valence-corrected chi connectivity index (χ4v) is 2.58. The lowest BCUT2D eigenvalue weighted by Crippen LogP contribution is -2.24. The number of thiocarbonyl (C=S) groups is 1. The molecule has 0 unspecified atom stereocenters. The summed E-state index contributed by atoms with van der Waals surface area (Å²) in [4.78, 5) is 0. The zero-order chi connectivity index (χ0) is 19.6. The van der Waals surface area contributed by atoms with Crippen LogP contribution in [0.1, 0.15) is 25.8 Å². The number of nitrogens with one attached hydrogen (secondary N) is 2. The molecule has 2 aromatic rings. The van der Waals surface area contributed by atoms with E-state index < -0.39 is 5.82 Å². The molecule has 2 aromatic carbocycles. The first kappa shape index (κ1) is 20.9. The van der Waals surface area contributed by atoms with Gasteiger partial charge in [0.25, 0.3) is 0 Å². The number of benzene rings is 2. The summed E-state index contributed by atoms with van der Waals surface area (Å²) in [5.41, 5.74) is 3.60. The molecule has 8 heteroatoms. The molecular weight excluding hydrogens is 389 g/mol. The Balaban J connectivity index is 2.05. The second-order valence-electron chi connectivity index (χ2n) is 5.42. The minimum absolute atomic E-state index is 0.162. The molecular formula is C19H21ClFN3O2S. The van der Waals surface area contributed by atoms with Gasteiger partial charge in [0.05, 0.1) is 30.1 Å². The third-order valence-corrected chi connectivity index (χ3v) is 3.76. The molecule has 0 aliphatic carbocycles. The maximum absolute atomic E-state index is 13.6. The lowest BCUT2D eigenvalue weighted by molar-refractivity contribution is 0.277. The molecule has 0 bridgehead atoms. The van der Waals surface area contributed by atoms with Crippen LogP contribution in [0.15, 0.2) is 41.5 Å². The number of ether oxygens (including phenoxy) is 2. The lowest BCUT2D eigenvalue weighted by atomic mass is 10.2. The van der Waals surface area contributed by atoms with Crippen LogP contribution in [-0.2, 0) is 0 Å². The number of nitrogens with zero attached hydrogens (tertiary/aromatic N) is 1. The van der Waals surface area contributed by atoms with Crippen molar-refractivity contribution in [2.75, 3.05) is 18.5 Å². The first-order chi connectivity index (χ1) is 13.0. The number of hydrogen-bond donors (Lipinski definition) is 2. The summed E-state index contributed by atoms with van der Waals surface area (Å²) >= 11 is 11.4. The summed E-state index contributed by atoms with van der Waals surface area (Å²) in [6.07, 6.45) is 2.40. The summed E-state index contributed by atoms with van der Waals surface area (Å²) < 4.78 is 24.9. The minimum atomic E-state index is -0.401. The van der Waals surface area contributed by atoms with E-state index in [1.54, 1.807) is 30.3 Å². The van der Waals surface area contributed by atoms with E-state index in [-0.39, 0.29) is 10.8 Å². The molecule has 27 heavy (non-hydrogen) atoms. The van der Waals surface area contributed by atoms with Crippen LogP contribution in [-0.4, -0.2) is 24.5 Å². The van der Waals surface area contributed by atoms with Crippen LogP contribution in [0.3, 0.4) is 0 Å². The average Bonchev–Trinajstić information content (AvgIpc) is 2.63. The molecule has 0 spiro atoms. The first-order valence-electron chi connectivity index (χ1n) is 8.48. The van der Waals surface area contributed by atoms with Gasteiger partial charge in [-0.05, 0) is 55.4 Å². The minimum Gasteiger partial charge on any atom is -0.490 e. The number of anilines is 1. The SMILES string of the molecule is CCCOc1c(Cl)cc(/C=N\NC(=S)Nc2ccccc2F)cc1OCC. The molecule has 5 nitrogen and oxygen atoms in total. The Kier molecular flexibility index (Phi) is 8.29. The highest BCUT2D eigenvalue weighted by molar-refractivity contribution is 7.80. The molecule has 0 aromatic heterocycles. The Labute approximate surface area is 168 Å². The van der Waals surface area contributed by atoms with Gasteiger partial charge in [-0.25, -0.2) is 4.39 Å². The monoisotopic (exact) mass is 409 g/mol. The Hall–Kier alpha value is -2.38. The van der Waals surface area contributed by atoms with Crippen LogP contribution in [0, 0.1) is 5.82 Å². The first-order valence-corrected chi connectivity index (χ1v) is 9.27. The largest absolute Gasteiger partial charge is 0.490 e. The van der Waals surface area contributed by atoms with Crippen molar-refractivity contribution < 1.29 is 13.9 Å². The highest BCUT2D eigenvalue weighted by Crippen LogP contribution is 2.36. The standard InChI is InChI=1S/C19H21ClFN3O2S/c1-3-9-26-18-14(20)10-13(11-17(18)25-4-2)12-22-24-19(27)23-16-8-6-5-7-15(16)21/h5-8,10-12H,3-4,9H2,1-2H3,(H2,23,24,27)/b22-12-. The van der Waals surface area contributed by atoms with E-state index in [4.69, 9.17) is 33.3 Å². The van der Waals surface area contributed by atoms with Gasteiger partial charge in [-0.1, -0.05) is 30.7 Å². The van der Waals surface area contributed by atoms with Crippen molar-refractivity contribution in [3.05, 3.63) is 52.8 Å². The lowest BCUT2D eigenvalue weighted by Gasteiger charge is -2.14.